The van der Waals surface area contributed by atoms with Gasteiger partial charge in [0.05, 0.1) is 6.61 Å². The van der Waals surface area contributed by atoms with Crippen molar-refractivity contribution in [3.63, 3.8) is 0 Å². The molecule has 43 valence electrons. The Morgan fingerprint density at radius 2 is 2.43 bits per heavy atom. The van der Waals surface area contributed by atoms with E-state index in [0.29, 0.717) is 0 Å². The highest BCUT2D eigenvalue weighted by atomic mass is 16.6. The molecule has 3 nitrogen and oxygen atoms in total. The van der Waals surface area contributed by atoms with Gasteiger partial charge in [0.15, 0.2) is 6.29 Å². The Labute approximate surface area is 42.5 Å². The molecule has 0 aromatic carbocycles. The number of aliphatic hydroxyl groups is 1. The predicted molar refractivity (Wildman–Crippen MR) is 23.2 cm³/mol. The molecule has 0 aliphatic heterocycles. The van der Waals surface area contributed by atoms with Gasteiger partial charge in [-0.05, 0) is 0 Å². The van der Waals surface area contributed by atoms with Crippen LogP contribution in [0.4, 0.5) is 0 Å². The second-order valence-electron chi connectivity index (χ2n) is 1.18. The highest BCUT2D eigenvalue weighted by Crippen LogP contribution is 1.87. The molecule has 0 fully saturated rings. The van der Waals surface area contributed by atoms with Crippen LogP contribution in [0.3, 0.4) is 0 Å². The van der Waals surface area contributed by atoms with Gasteiger partial charge in [-0.1, -0.05) is 0 Å². The minimum absolute atomic E-state index is 0.177. The second kappa shape index (κ2) is 4.05. The fourth-order valence-corrected chi connectivity index (χ4v) is 0.219. The SMILES string of the molecule is CO[C@@H](O)CC[O]. The van der Waals surface area contributed by atoms with Gasteiger partial charge in [-0.3, -0.25) is 0 Å². The molecule has 0 saturated heterocycles. The Bertz CT molecular complexity index is 37.9. The molecule has 7 heavy (non-hydrogen) atoms. The minimum Gasteiger partial charge on any atom is -0.368 e. The number of hydrogen-bond acceptors (Lipinski definition) is 2. The third-order valence-corrected chi connectivity index (χ3v) is 0.637. The normalized spacial score (nSPS) is 14.1. The lowest BCUT2D eigenvalue weighted by molar-refractivity contribution is -0.0890. The summed E-state index contributed by atoms with van der Waals surface area (Å²) in [4.78, 5) is 0. The summed E-state index contributed by atoms with van der Waals surface area (Å²) in [7, 11) is 1.36. The Kier molecular flexibility index (Phi) is 3.98. The van der Waals surface area contributed by atoms with E-state index in [-0.39, 0.29) is 13.0 Å². The summed E-state index contributed by atoms with van der Waals surface area (Å²) in [6.45, 7) is -0.283. The molecule has 0 amide bonds. The van der Waals surface area contributed by atoms with Gasteiger partial charge in [0.2, 0.25) is 0 Å². The van der Waals surface area contributed by atoms with Gasteiger partial charge >= 0.3 is 0 Å². The van der Waals surface area contributed by atoms with Gasteiger partial charge in [0.1, 0.15) is 0 Å². The molecule has 0 saturated carbocycles. The van der Waals surface area contributed by atoms with Crippen LogP contribution < -0.4 is 0 Å². The van der Waals surface area contributed by atoms with Crippen molar-refractivity contribution in [3.8, 4) is 0 Å². The van der Waals surface area contributed by atoms with E-state index >= 15 is 0 Å². The van der Waals surface area contributed by atoms with Crippen LogP contribution >= 0.6 is 0 Å². The van der Waals surface area contributed by atoms with Crippen LogP contribution in [0.2, 0.25) is 0 Å². The molecule has 0 bridgehead atoms. The first-order valence-corrected chi connectivity index (χ1v) is 2.10. The van der Waals surface area contributed by atoms with Crippen molar-refractivity contribution in [2.45, 2.75) is 12.7 Å². The first kappa shape index (κ1) is 6.88. The first-order chi connectivity index (χ1) is 3.31. The number of aliphatic hydroxyl groups excluding tert-OH is 1. The molecular weight excluding hydrogens is 96.0 g/mol. The van der Waals surface area contributed by atoms with Crippen molar-refractivity contribution in [2.75, 3.05) is 13.7 Å². The number of hydrogen-bond donors (Lipinski definition) is 1. The second-order valence-corrected chi connectivity index (χ2v) is 1.18. The van der Waals surface area contributed by atoms with Crippen molar-refractivity contribution < 1.29 is 14.9 Å². The van der Waals surface area contributed by atoms with Crippen molar-refractivity contribution in [3.05, 3.63) is 0 Å². The fraction of sp³-hybridized carbons (Fsp3) is 1.00. The highest BCUT2D eigenvalue weighted by Gasteiger charge is 1.96. The molecule has 0 spiro atoms. The van der Waals surface area contributed by atoms with Crippen LogP contribution in [0.25, 0.3) is 0 Å². The molecule has 1 atom stereocenters. The quantitative estimate of drug-likeness (QED) is 0.504. The van der Waals surface area contributed by atoms with Gasteiger partial charge in [0.25, 0.3) is 0 Å². The highest BCUT2D eigenvalue weighted by molar-refractivity contribution is 4.34. The van der Waals surface area contributed by atoms with Crippen molar-refractivity contribution in [2.24, 2.45) is 0 Å². The van der Waals surface area contributed by atoms with Gasteiger partial charge in [-0.2, -0.15) is 0 Å². The van der Waals surface area contributed by atoms with E-state index in [0.717, 1.165) is 0 Å². The molecule has 0 unspecified atom stereocenters. The summed E-state index contributed by atoms with van der Waals surface area (Å²) >= 11 is 0. The van der Waals surface area contributed by atoms with Crippen LogP contribution in [0.5, 0.6) is 0 Å². The maximum absolute atomic E-state index is 9.66. The summed E-state index contributed by atoms with van der Waals surface area (Å²) in [5.41, 5.74) is 0. The zero-order valence-electron chi connectivity index (χ0n) is 4.26. The summed E-state index contributed by atoms with van der Waals surface area (Å²) in [6, 6.07) is 0. The van der Waals surface area contributed by atoms with Crippen LogP contribution in [0.15, 0.2) is 0 Å². The lowest BCUT2D eigenvalue weighted by Crippen LogP contribution is -2.09. The summed E-state index contributed by atoms with van der Waals surface area (Å²) in [5.74, 6) is 0. The van der Waals surface area contributed by atoms with E-state index in [4.69, 9.17) is 5.11 Å². The lowest BCUT2D eigenvalue weighted by atomic mass is 10.4. The molecule has 0 aromatic rings. The maximum atomic E-state index is 9.66. The molecular formula is C4H9O3. The van der Waals surface area contributed by atoms with Crippen LogP contribution in [0, 0.1) is 0 Å². The van der Waals surface area contributed by atoms with Crippen molar-refractivity contribution >= 4 is 0 Å². The molecule has 0 heterocycles. The van der Waals surface area contributed by atoms with Crippen molar-refractivity contribution in [1.29, 1.82) is 0 Å². The van der Waals surface area contributed by atoms with Crippen LogP contribution in [-0.4, -0.2) is 25.1 Å². The maximum Gasteiger partial charge on any atom is 0.156 e. The molecule has 0 aliphatic carbocycles. The smallest absolute Gasteiger partial charge is 0.156 e. The average molecular weight is 105 g/mol. The molecule has 0 aromatic heterocycles. The van der Waals surface area contributed by atoms with Crippen LogP contribution in [0.1, 0.15) is 6.42 Å². The van der Waals surface area contributed by atoms with Gasteiger partial charge < -0.3 is 9.84 Å². The van der Waals surface area contributed by atoms with E-state index in [9.17, 15) is 5.11 Å². The topological polar surface area (TPSA) is 49.4 Å². The Hall–Kier alpha value is -0.120. The zero-order chi connectivity index (χ0) is 5.70. The zero-order valence-corrected chi connectivity index (χ0v) is 4.26. The largest absolute Gasteiger partial charge is 0.368 e. The summed E-state index contributed by atoms with van der Waals surface area (Å²) < 4.78 is 4.35. The van der Waals surface area contributed by atoms with E-state index < -0.39 is 6.29 Å². The molecule has 0 aliphatic rings. The lowest BCUT2D eigenvalue weighted by Gasteiger charge is -2.02. The third-order valence-electron chi connectivity index (χ3n) is 0.637. The monoisotopic (exact) mass is 105 g/mol. The van der Waals surface area contributed by atoms with E-state index in [1.807, 2.05) is 0 Å². The fourth-order valence-electron chi connectivity index (χ4n) is 0.219. The van der Waals surface area contributed by atoms with E-state index in [1.54, 1.807) is 0 Å². The molecule has 1 N–H and O–H groups in total. The average Bonchev–Trinajstić information content (AvgIpc) is 1.68. The van der Waals surface area contributed by atoms with Gasteiger partial charge in [-0.15, -0.1) is 0 Å². The number of methoxy groups -OCH3 is 1. The number of ether oxygens (including phenoxy) is 1. The Morgan fingerprint density at radius 1 is 1.86 bits per heavy atom. The van der Waals surface area contributed by atoms with Gasteiger partial charge in [0, 0.05) is 13.5 Å². The van der Waals surface area contributed by atoms with E-state index in [1.165, 1.54) is 7.11 Å². The van der Waals surface area contributed by atoms with E-state index in [2.05, 4.69) is 4.74 Å². The first-order valence-electron chi connectivity index (χ1n) is 2.10. The standard InChI is InChI=1S/C4H9O3/c1-7-4(6)2-3-5/h4,6H,2-3H2,1H3/t4-/m1/s1. The van der Waals surface area contributed by atoms with Crippen LogP contribution in [-0.2, 0) is 9.84 Å². The number of rotatable bonds is 3. The Morgan fingerprint density at radius 3 is 2.57 bits per heavy atom. The van der Waals surface area contributed by atoms with Crippen molar-refractivity contribution in [1.82, 2.24) is 0 Å². The molecule has 3 heteroatoms. The minimum atomic E-state index is -0.863. The molecule has 1 radical (unpaired) electrons. The summed E-state index contributed by atoms with van der Waals surface area (Å²) in [6.07, 6.45) is -0.686. The summed E-state index contributed by atoms with van der Waals surface area (Å²) in [5, 5.41) is 18.1. The Balaban J connectivity index is 2.83. The predicted octanol–water partition coefficient (Wildman–Crippen LogP) is -0.228. The molecule has 0 rings (SSSR count). The van der Waals surface area contributed by atoms with Gasteiger partial charge in [-0.25, -0.2) is 5.11 Å². The third kappa shape index (κ3) is 3.72.